The number of methoxy groups -OCH3 is 1. The topological polar surface area (TPSA) is 41.6 Å². The number of carbonyl (C=O) groups excluding carboxylic acids is 1. The number of nitrogens with zero attached hydrogens (tertiary/aromatic N) is 1. The zero-order valence-corrected chi connectivity index (χ0v) is 14.0. The zero-order valence-electron chi connectivity index (χ0n) is 14.0. The van der Waals surface area contributed by atoms with Crippen LogP contribution in [0.15, 0.2) is 0 Å². The fraction of sp³-hybridized carbons (Fsp3) is 0.941. The standard InChI is InChI=1S/C17H32N2O2/c1-4-18-17(2,16(20)21-3)11-7-12-19-13-10-14-8-5-6-9-15(14)19/h14-15,18H,4-13H2,1-3H3. The van der Waals surface area contributed by atoms with Gasteiger partial charge >= 0.3 is 5.97 Å². The molecule has 2 fully saturated rings. The number of esters is 1. The molecule has 0 aromatic rings. The summed E-state index contributed by atoms with van der Waals surface area (Å²) in [5, 5.41) is 3.30. The Labute approximate surface area is 129 Å². The molecule has 21 heavy (non-hydrogen) atoms. The van der Waals surface area contributed by atoms with Gasteiger partial charge in [-0.25, -0.2) is 0 Å². The summed E-state index contributed by atoms with van der Waals surface area (Å²) in [6, 6.07) is 0.822. The number of likely N-dealkylation sites (tertiary alicyclic amines) is 1. The summed E-state index contributed by atoms with van der Waals surface area (Å²) in [5.74, 6) is 0.806. The Balaban J connectivity index is 1.81. The highest BCUT2D eigenvalue weighted by molar-refractivity contribution is 5.80. The van der Waals surface area contributed by atoms with Crippen molar-refractivity contribution in [3.05, 3.63) is 0 Å². The Hall–Kier alpha value is -0.610. The van der Waals surface area contributed by atoms with Crippen LogP contribution in [0.1, 0.15) is 58.8 Å². The van der Waals surface area contributed by atoms with Gasteiger partial charge in [0.05, 0.1) is 7.11 Å². The SMILES string of the molecule is CCNC(C)(CCCN1CCC2CCCCC21)C(=O)OC. The average Bonchev–Trinajstić information content (AvgIpc) is 2.90. The van der Waals surface area contributed by atoms with E-state index >= 15 is 0 Å². The first-order valence-electron chi connectivity index (χ1n) is 8.68. The molecule has 1 aliphatic heterocycles. The number of hydrogen-bond acceptors (Lipinski definition) is 4. The van der Waals surface area contributed by atoms with Gasteiger partial charge in [0.2, 0.25) is 0 Å². The maximum atomic E-state index is 12.0. The first-order valence-corrected chi connectivity index (χ1v) is 8.68. The molecule has 0 aromatic heterocycles. The minimum Gasteiger partial charge on any atom is -0.468 e. The van der Waals surface area contributed by atoms with E-state index in [-0.39, 0.29) is 5.97 Å². The number of hydrogen-bond donors (Lipinski definition) is 1. The molecule has 4 nitrogen and oxygen atoms in total. The smallest absolute Gasteiger partial charge is 0.325 e. The molecule has 0 spiro atoms. The Bertz CT molecular complexity index is 348. The van der Waals surface area contributed by atoms with Crippen LogP contribution in [0.4, 0.5) is 0 Å². The van der Waals surface area contributed by atoms with Gasteiger partial charge in [0.1, 0.15) is 5.54 Å². The van der Waals surface area contributed by atoms with Crippen LogP contribution >= 0.6 is 0 Å². The highest BCUT2D eigenvalue weighted by Crippen LogP contribution is 2.36. The average molecular weight is 296 g/mol. The minimum absolute atomic E-state index is 0.138. The number of likely N-dealkylation sites (N-methyl/N-ethyl adjacent to an activating group) is 1. The molecule has 1 saturated carbocycles. The van der Waals surface area contributed by atoms with E-state index in [1.807, 2.05) is 13.8 Å². The van der Waals surface area contributed by atoms with Gasteiger partial charge < -0.3 is 15.0 Å². The molecule has 0 radical (unpaired) electrons. The maximum absolute atomic E-state index is 12.0. The fourth-order valence-electron chi connectivity index (χ4n) is 4.29. The summed E-state index contributed by atoms with van der Waals surface area (Å²) in [5.41, 5.74) is -0.533. The second kappa shape index (κ2) is 7.59. The lowest BCUT2D eigenvalue weighted by atomic mass is 9.85. The number of ether oxygens (including phenoxy) is 1. The fourth-order valence-corrected chi connectivity index (χ4v) is 4.29. The number of fused-ring (bicyclic) bond motifs is 1. The molecule has 1 heterocycles. The summed E-state index contributed by atoms with van der Waals surface area (Å²) in [6.45, 7) is 7.18. The second-order valence-corrected chi connectivity index (χ2v) is 6.89. The molecule has 0 aromatic carbocycles. The number of carbonyl (C=O) groups is 1. The van der Waals surface area contributed by atoms with Crippen molar-refractivity contribution in [3.8, 4) is 0 Å². The van der Waals surface area contributed by atoms with Gasteiger partial charge in [-0.2, -0.15) is 0 Å². The van der Waals surface area contributed by atoms with Crippen LogP contribution in [0.5, 0.6) is 0 Å². The minimum atomic E-state index is -0.533. The van der Waals surface area contributed by atoms with Crippen molar-refractivity contribution in [3.63, 3.8) is 0 Å². The van der Waals surface area contributed by atoms with E-state index in [2.05, 4.69) is 10.2 Å². The monoisotopic (exact) mass is 296 g/mol. The predicted octanol–water partition coefficient (Wildman–Crippen LogP) is 2.57. The van der Waals surface area contributed by atoms with E-state index in [4.69, 9.17) is 4.74 Å². The van der Waals surface area contributed by atoms with E-state index in [1.54, 1.807) is 0 Å². The van der Waals surface area contributed by atoms with Gasteiger partial charge in [0, 0.05) is 6.04 Å². The van der Waals surface area contributed by atoms with Gasteiger partial charge in [-0.3, -0.25) is 4.79 Å². The molecule has 0 bridgehead atoms. The van der Waals surface area contributed by atoms with Crippen molar-refractivity contribution in [1.29, 1.82) is 0 Å². The van der Waals surface area contributed by atoms with Crippen molar-refractivity contribution >= 4 is 5.97 Å². The molecule has 3 unspecified atom stereocenters. The molecule has 122 valence electrons. The largest absolute Gasteiger partial charge is 0.468 e. The van der Waals surface area contributed by atoms with Gasteiger partial charge in [-0.05, 0) is 64.6 Å². The maximum Gasteiger partial charge on any atom is 0.325 e. The van der Waals surface area contributed by atoms with Crippen LogP contribution in [-0.4, -0.2) is 49.2 Å². The Kier molecular flexibility index (Phi) is 6.06. The highest BCUT2D eigenvalue weighted by Gasteiger charge is 2.36. The summed E-state index contributed by atoms with van der Waals surface area (Å²) >= 11 is 0. The molecule has 3 atom stereocenters. The molecule has 1 aliphatic carbocycles. The van der Waals surface area contributed by atoms with Crippen LogP contribution in [0.25, 0.3) is 0 Å². The van der Waals surface area contributed by atoms with E-state index in [9.17, 15) is 4.79 Å². The normalized spacial score (nSPS) is 28.9. The third-order valence-corrected chi connectivity index (χ3v) is 5.45. The van der Waals surface area contributed by atoms with E-state index < -0.39 is 5.54 Å². The second-order valence-electron chi connectivity index (χ2n) is 6.89. The van der Waals surface area contributed by atoms with Crippen LogP contribution in [0.3, 0.4) is 0 Å². The third kappa shape index (κ3) is 3.98. The molecule has 1 N–H and O–H groups in total. The molecule has 2 rings (SSSR count). The van der Waals surface area contributed by atoms with Crippen LogP contribution in [-0.2, 0) is 9.53 Å². The summed E-state index contributed by atoms with van der Waals surface area (Å²) in [7, 11) is 1.48. The van der Waals surface area contributed by atoms with Crippen LogP contribution in [0, 0.1) is 5.92 Å². The van der Waals surface area contributed by atoms with Crippen LogP contribution < -0.4 is 5.32 Å². The molecule has 1 saturated heterocycles. The molecule has 2 aliphatic rings. The van der Waals surface area contributed by atoms with Crippen molar-refractivity contribution in [1.82, 2.24) is 10.2 Å². The molecule has 4 heteroatoms. The number of nitrogens with one attached hydrogen (secondary N) is 1. The third-order valence-electron chi connectivity index (χ3n) is 5.45. The Morgan fingerprint density at radius 1 is 1.33 bits per heavy atom. The summed E-state index contributed by atoms with van der Waals surface area (Å²) < 4.78 is 4.96. The van der Waals surface area contributed by atoms with Crippen molar-refractivity contribution in [2.24, 2.45) is 5.92 Å². The van der Waals surface area contributed by atoms with E-state index in [0.717, 1.165) is 37.9 Å². The number of rotatable bonds is 7. The van der Waals surface area contributed by atoms with Gasteiger partial charge in [-0.1, -0.05) is 19.8 Å². The lowest BCUT2D eigenvalue weighted by Crippen LogP contribution is -2.50. The van der Waals surface area contributed by atoms with Crippen molar-refractivity contribution in [2.75, 3.05) is 26.7 Å². The first kappa shape index (κ1) is 16.8. The Morgan fingerprint density at radius 3 is 2.81 bits per heavy atom. The van der Waals surface area contributed by atoms with Crippen molar-refractivity contribution < 1.29 is 9.53 Å². The first-order chi connectivity index (χ1) is 10.1. The van der Waals surface area contributed by atoms with E-state index in [1.165, 1.54) is 45.8 Å². The summed E-state index contributed by atoms with van der Waals surface area (Å²) in [4.78, 5) is 14.7. The molecule has 0 amide bonds. The van der Waals surface area contributed by atoms with Gasteiger partial charge in [0.25, 0.3) is 0 Å². The molecular weight excluding hydrogens is 264 g/mol. The van der Waals surface area contributed by atoms with Gasteiger partial charge in [-0.15, -0.1) is 0 Å². The van der Waals surface area contributed by atoms with Gasteiger partial charge in [0.15, 0.2) is 0 Å². The summed E-state index contributed by atoms with van der Waals surface area (Å²) in [6.07, 6.45) is 8.92. The van der Waals surface area contributed by atoms with E-state index in [0.29, 0.717) is 0 Å². The van der Waals surface area contributed by atoms with Crippen LogP contribution in [0.2, 0.25) is 0 Å². The highest BCUT2D eigenvalue weighted by atomic mass is 16.5. The lowest BCUT2D eigenvalue weighted by molar-refractivity contribution is -0.148. The quantitative estimate of drug-likeness (QED) is 0.733. The zero-order chi connectivity index (χ0) is 15.3. The van der Waals surface area contributed by atoms with Crippen molar-refractivity contribution in [2.45, 2.75) is 70.4 Å². The predicted molar refractivity (Wildman–Crippen MR) is 85.3 cm³/mol. The Morgan fingerprint density at radius 2 is 2.10 bits per heavy atom. The molecular formula is C17H32N2O2. The lowest BCUT2D eigenvalue weighted by Gasteiger charge is -2.33.